The summed E-state index contributed by atoms with van der Waals surface area (Å²) < 4.78 is 0. The van der Waals surface area contributed by atoms with Gasteiger partial charge in [-0.2, -0.15) is 5.26 Å². The van der Waals surface area contributed by atoms with E-state index in [9.17, 15) is 4.79 Å². The molecule has 0 radical (unpaired) electrons. The van der Waals surface area contributed by atoms with Crippen LogP contribution >= 0.6 is 11.3 Å². The zero-order valence-electron chi connectivity index (χ0n) is 8.77. The fourth-order valence-corrected chi connectivity index (χ4v) is 1.98. The van der Waals surface area contributed by atoms with E-state index in [2.05, 4.69) is 11.4 Å². The summed E-state index contributed by atoms with van der Waals surface area (Å²) in [6, 6.07) is 5.99. The van der Waals surface area contributed by atoms with E-state index in [4.69, 9.17) is 5.26 Å². The molecule has 0 aromatic carbocycles. The Labute approximate surface area is 93.9 Å². The van der Waals surface area contributed by atoms with Crippen LogP contribution in [0.15, 0.2) is 17.5 Å². The summed E-state index contributed by atoms with van der Waals surface area (Å²) in [7, 11) is 1.91. The van der Waals surface area contributed by atoms with Crippen molar-refractivity contribution < 1.29 is 4.79 Å². The molecule has 4 heteroatoms. The van der Waals surface area contributed by atoms with Crippen LogP contribution in [-0.4, -0.2) is 30.8 Å². The second-order valence-electron chi connectivity index (χ2n) is 3.44. The van der Waals surface area contributed by atoms with E-state index in [0.717, 1.165) is 13.0 Å². The van der Waals surface area contributed by atoms with Gasteiger partial charge in [-0.05, 0) is 24.9 Å². The Balaban J connectivity index is 2.22. The van der Waals surface area contributed by atoms with Gasteiger partial charge in [0.2, 0.25) is 0 Å². The molecule has 0 saturated heterocycles. The summed E-state index contributed by atoms with van der Waals surface area (Å²) in [6.07, 6.45) is 0.983. The third kappa shape index (κ3) is 4.73. The predicted molar refractivity (Wildman–Crippen MR) is 60.8 cm³/mol. The van der Waals surface area contributed by atoms with Gasteiger partial charge in [-0.15, -0.1) is 11.3 Å². The van der Waals surface area contributed by atoms with Gasteiger partial charge >= 0.3 is 0 Å². The highest BCUT2D eigenvalue weighted by Gasteiger charge is 2.06. The number of rotatable bonds is 6. The van der Waals surface area contributed by atoms with Crippen LogP contribution in [0.2, 0.25) is 0 Å². The van der Waals surface area contributed by atoms with Crippen LogP contribution in [0.5, 0.6) is 0 Å². The van der Waals surface area contributed by atoms with Gasteiger partial charge in [0.05, 0.1) is 19.0 Å². The predicted octanol–water partition coefficient (Wildman–Crippen LogP) is 1.71. The third-order valence-electron chi connectivity index (χ3n) is 2.04. The summed E-state index contributed by atoms with van der Waals surface area (Å²) in [5.74, 6) is -0.00817. The molecule has 0 fully saturated rings. The topological polar surface area (TPSA) is 44.1 Å². The number of ketones is 1. The Morgan fingerprint density at radius 3 is 3.07 bits per heavy atom. The summed E-state index contributed by atoms with van der Waals surface area (Å²) >= 11 is 1.73. The molecule has 1 aromatic heterocycles. The maximum Gasteiger partial charge on any atom is 0.160 e. The number of likely N-dealkylation sites (N-methyl/N-ethyl adjacent to an activating group) is 1. The third-order valence-corrected chi connectivity index (χ3v) is 2.98. The highest BCUT2D eigenvalue weighted by atomic mass is 32.1. The molecule has 0 saturated carbocycles. The second-order valence-corrected chi connectivity index (χ2v) is 4.47. The van der Waals surface area contributed by atoms with Gasteiger partial charge in [0, 0.05) is 11.4 Å². The van der Waals surface area contributed by atoms with E-state index < -0.39 is 0 Å². The Morgan fingerprint density at radius 1 is 1.67 bits per heavy atom. The molecule has 0 aliphatic heterocycles. The highest BCUT2D eigenvalue weighted by molar-refractivity contribution is 7.09. The number of hydrogen-bond acceptors (Lipinski definition) is 4. The van der Waals surface area contributed by atoms with Gasteiger partial charge < -0.3 is 0 Å². The average molecular weight is 222 g/mol. The standard InChI is InChI=1S/C11H14N2OS/c1-13(9-10(14)4-6-12)7-5-11-3-2-8-15-11/h2-3,8H,4-5,7,9H2,1H3. The van der Waals surface area contributed by atoms with Crippen LogP contribution in [0.3, 0.4) is 0 Å². The van der Waals surface area contributed by atoms with E-state index in [0.29, 0.717) is 6.54 Å². The fourth-order valence-electron chi connectivity index (χ4n) is 1.28. The smallest absolute Gasteiger partial charge is 0.160 e. The minimum atomic E-state index is -0.00817. The Morgan fingerprint density at radius 2 is 2.47 bits per heavy atom. The van der Waals surface area contributed by atoms with E-state index >= 15 is 0 Å². The lowest BCUT2D eigenvalue weighted by molar-refractivity contribution is -0.118. The Hall–Kier alpha value is -1.18. The van der Waals surface area contributed by atoms with Crippen LogP contribution in [0.4, 0.5) is 0 Å². The quantitative estimate of drug-likeness (QED) is 0.736. The van der Waals surface area contributed by atoms with Crippen molar-refractivity contribution >= 4 is 17.1 Å². The highest BCUT2D eigenvalue weighted by Crippen LogP contribution is 2.09. The molecule has 0 unspecified atom stereocenters. The molecule has 0 bridgehead atoms. The van der Waals surface area contributed by atoms with Crippen LogP contribution in [0.1, 0.15) is 11.3 Å². The first-order valence-electron chi connectivity index (χ1n) is 4.82. The van der Waals surface area contributed by atoms with E-state index in [1.165, 1.54) is 4.88 Å². The van der Waals surface area contributed by atoms with Crippen molar-refractivity contribution in [3.8, 4) is 6.07 Å². The van der Waals surface area contributed by atoms with Crippen LogP contribution in [0.25, 0.3) is 0 Å². The first kappa shape index (κ1) is 11.9. The van der Waals surface area contributed by atoms with Gasteiger partial charge in [-0.1, -0.05) is 6.07 Å². The summed E-state index contributed by atoms with van der Waals surface area (Å²) in [4.78, 5) is 14.4. The lowest BCUT2D eigenvalue weighted by Gasteiger charge is -2.13. The van der Waals surface area contributed by atoms with Crippen molar-refractivity contribution in [1.82, 2.24) is 4.90 Å². The van der Waals surface area contributed by atoms with Crippen LogP contribution < -0.4 is 0 Å². The lowest BCUT2D eigenvalue weighted by Crippen LogP contribution is -2.27. The first-order valence-corrected chi connectivity index (χ1v) is 5.70. The number of nitriles is 1. The van der Waals surface area contributed by atoms with Crippen LogP contribution in [0, 0.1) is 11.3 Å². The molecule has 1 heterocycles. The molecule has 1 rings (SSSR count). The van der Waals surface area contributed by atoms with Crippen molar-refractivity contribution in [1.29, 1.82) is 5.26 Å². The largest absolute Gasteiger partial charge is 0.299 e. The molecule has 0 amide bonds. The van der Waals surface area contributed by atoms with E-state index in [1.807, 2.05) is 24.1 Å². The first-order chi connectivity index (χ1) is 7.22. The van der Waals surface area contributed by atoms with Crippen molar-refractivity contribution in [3.05, 3.63) is 22.4 Å². The molecule has 0 aliphatic rings. The van der Waals surface area contributed by atoms with E-state index in [-0.39, 0.29) is 12.2 Å². The zero-order chi connectivity index (χ0) is 11.1. The number of Topliss-reactive ketones (excluding diaryl/α,β-unsaturated/α-hetero) is 1. The minimum Gasteiger partial charge on any atom is -0.299 e. The maximum atomic E-state index is 11.2. The number of thiophene rings is 1. The monoisotopic (exact) mass is 222 g/mol. The normalized spacial score (nSPS) is 10.2. The molecule has 3 nitrogen and oxygen atoms in total. The molecular weight excluding hydrogens is 208 g/mol. The summed E-state index contributed by atoms with van der Waals surface area (Å²) in [6.45, 7) is 1.23. The number of hydrogen-bond donors (Lipinski definition) is 0. The van der Waals surface area contributed by atoms with Crippen molar-refractivity contribution in [2.45, 2.75) is 12.8 Å². The Bertz CT molecular complexity index is 340. The molecule has 1 aromatic rings. The summed E-state index contributed by atoms with van der Waals surface area (Å²) in [5, 5.41) is 10.4. The average Bonchev–Trinajstić information content (AvgIpc) is 2.67. The number of nitrogens with zero attached hydrogens (tertiary/aromatic N) is 2. The number of carbonyl (C=O) groups is 1. The lowest BCUT2D eigenvalue weighted by atomic mass is 10.2. The summed E-state index contributed by atoms with van der Waals surface area (Å²) in [5.41, 5.74) is 0. The van der Waals surface area contributed by atoms with E-state index in [1.54, 1.807) is 11.3 Å². The van der Waals surface area contributed by atoms with Crippen molar-refractivity contribution in [2.24, 2.45) is 0 Å². The van der Waals surface area contributed by atoms with Gasteiger partial charge in [-0.25, -0.2) is 0 Å². The van der Waals surface area contributed by atoms with Gasteiger partial charge in [0.25, 0.3) is 0 Å². The van der Waals surface area contributed by atoms with Crippen molar-refractivity contribution in [2.75, 3.05) is 20.1 Å². The van der Waals surface area contributed by atoms with Crippen molar-refractivity contribution in [3.63, 3.8) is 0 Å². The molecule has 0 N–H and O–H groups in total. The molecule has 0 atom stereocenters. The molecule has 0 aliphatic carbocycles. The number of carbonyl (C=O) groups excluding carboxylic acids is 1. The maximum absolute atomic E-state index is 11.2. The van der Waals surface area contributed by atoms with Gasteiger partial charge in [0.1, 0.15) is 0 Å². The Kier molecular flexibility index (Phi) is 5.02. The molecule has 80 valence electrons. The van der Waals surface area contributed by atoms with Gasteiger partial charge in [-0.3, -0.25) is 9.69 Å². The zero-order valence-corrected chi connectivity index (χ0v) is 9.59. The SMILES string of the molecule is CN(CCc1cccs1)CC(=O)CC#N. The second kappa shape index (κ2) is 6.33. The molecule has 15 heavy (non-hydrogen) atoms. The molecule has 0 spiro atoms. The van der Waals surface area contributed by atoms with Crippen LogP contribution in [-0.2, 0) is 11.2 Å². The molecular formula is C11H14N2OS. The fraction of sp³-hybridized carbons (Fsp3) is 0.455. The minimum absolute atomic E-state index is 0.00817. The van der Waals surface area contributed by atoms with Gasteiger partial charge in [0.15, 0.2) is 5.78 Å².